The number of amides is 1. The third-order valence-electron chi connectivity index (χ3n) is 4.69. The molecule has 0 unspecified atom stereocenters. The zero-order valence-electron chi connectivity index (χ0n) is 14.7. The lowest BCUT2D eigenvalue weighted by Crippen LogP contribution is -2.33. The van der Waals surface area contributed by atoms with Crippen molar-refractivity contribution in [2.24, 2.45) is 0 Å². The predicted molar refractivity (Wildman–Crippen MR) is 112 cm³/mol. The Labute approximate surface area is 169 Å². The van der Waals surface area contributed by atoms with E-state index in [1.165, 1.54) is 17.7 Å². The molecule has 1 amide bonds. The molecule has 8 heteroatoms. The van der Waals surface area contributed by atoms with Gasteiger partial charge in [0.05, 0.1) is 4.92 Å². The number of thiophene rings is 1. The van der Waals surface area contributed by atoms with Crippen LogP contribution >= 0.6 is 22.9 Å². The number of aromatic amines is 1. The highest BCUT2D eigenvalue weighted by Crippen LogP contribution is 2.31. The molecule has 4 rings (SSSR count). The monoisotopic (exact) mass is 413 g/mol. The van der Waals surface area contributed by atoms with Crippen LogP contribution in [0.2, 0.25) is 5.02 Å². The third kappa shape index (κ3) is 3.72. The van der Waals surface area contributed by atoms with Gasteiger partial charge in [0.25, 0.3) is 0 Å². The van der Waals surface area contributed by atoms with E-state index < -0.39 is 4.92 Å². The number of nitrogens with one attached hydrogen (secondary N) is 1. The highest BCUT2D eigenvalue weighted by Gasteiger charge is 2.18. The summed E-state index contributed by atoms with van der Waals surface area (Å²) in [6, 6.07) is 8.85. The molecule has 0 spiro atoms. The van der Waals surface area contributed by atoms with Crippen LogP contribution in [0.4, 0.5) is 5.00 Å². The number of aromatic nitrogens is 1. The first-order valence-corrected chi connectivity index (χ1v) is 9.88. The van der Waals surface area contributed by atoms with Crippen LogP contribution in [0.3, 0.4) is 0 Å². The molecule has 1 aliphatic heterocycles. The minimum atomic E-state index is -0.432. The molecule has 0 fully saturated rings. The van der Waals surface area contributed by atoms with Crippen LogP contribution in [-0.4, -0.2) is 33.8 Å². The Kier molecular flexibility index (Phi) is 5.02. The summed E-state index contributed by atoms with van der Waals surface area (Å²) < 4.78 is 0. The quantitative estimate of drug-likeness (QED) is 0.366. The summed E-state index contributed by atoms with van der Waals surface area (Å²) in [7, 11) is 0. The largest absolute Gasteiger partial charge is 0.361 e. The van der Waals surface area contributed by atoms with Crippen LogP contribution in [0, 0.1) is 10.1 Å². The fourth-order valence-electron chi connectivity index (χ4n) is 3.26. The lowest BCUT2D eigenvalue weighted by Gasteiger charge is -2.25. The lowest BCUT2D eigenvalue weighted by molar-refractivity contribution is -0.380. The van der Waals surface area contributed by atoms with Crippen LogP contribution < -0.4 is 0 Å². The van der Waals surface area contributed by atoms with Crippen molar-refractivity contribution in [2.45, 2.75) is 6.42 Å². The van der Waals surface area contributed by atoms with Gasteiger partial charge in [0.2, 0.25) is 5.91 Å². The van der Waals surface area contributed by atoms with Gasteiger partial charge < -0.3 is 9.88 Å². The van der Waals surface area contributed by atoms with Gasteiger partial charge in [-0.1, -0.05) is 29.0 Å². The van der Waals surface area contributed by atoms with Crippen molar-refractivity contribution >= 4 is 56.4 Å². The number of carbonyl (C=O) groups excluding carboxylic acids is 1. The van der Waals surface area contributed by atoms with Crippen LogP contribution in [0.5, 0.6) is 0 Å². The SMILES string of the molecule is O=C(/C=C/c1ccc([N+](=O)[O-])s1)N1CC=C(c2c[nH]c3ccc(Cl)cc23)CC1. The van der Waals surface area contributed by atoms with E-state index in [-0.39, 0.29) is 10.9 Å². The van der Waals surface area contributed by atoms with E-state index in [1.807, 2.05) is 24.4 Å². The molecule has 0 saturated carbocycles. The maximum atomic E-state index is 12.4. The molecule has 0 radical (unpaired) electrons. The van der Waals surface area contributed by atoms with E-state index in [2.05, 4.69) is 11.1 Å². The summed E-state index contributed by atoms with van der Waals surface area (Å²) in [5.74, 6) is -0.103. The average molecular weight is 414 g/mol. The topological polar surface area (TPSA) is 79.2 Å². The number of nitrogens with zero attached hydrogens (tertiary/aromatic N) is 2. The Balaban J connectivity index is 1.45. The van der Waals surface area contributed by atoms with Gasteiger partial charge in [0, 0.05) is 57.8 Å². The van der Waals surface area contributed by atoms with Gasteiger partial charge in [0.1, 0.15) is 0 Å². The fraction of sp³-hybridized carbons (Fsp3) is 0.150. The molecule has 1 N–H and O–H groups in total. The van der Waals surface area contributed by atoms with E-state index in [0.29, 0.717) is 23.0 Å². The molecule has 142 valence electrons. The van der Waals surface area contributed by atoms with Gasteiger partial charge in [0.15, 0.2) is 0 Å². The van der Waals surface area contributed by atoms with Gasteiger partial charge in [-0.2, -0.15) is 0 Å². The third-order valence-corrected chi connectivity index (χ3v) is 5.93. The van der Waals surface area contributed by atoms with E-state index in [0.717, 1.165) is 34.2 Å². The molecule has 0 bridgehead atoms. The van der Waals surface area contributed by atoms with Crippen molar-refractivity contribution in [3.8, 4) is 0 Å². The van der Waals surface area contributed by atoms with E-state index in [1.54, 1.807) is 17.0 Å². The molecule has 1 aromatic carbocycles. The molecular weight excluding hydrogens is 398 g/mol. The van der Waals surface area contributed by atoms with Crippen LogP contribution in [0.15, 0.2) is 48.7 Å². The Morgan fingerprint density at radius 3 is 2.89 bits per heavy atom. The number of H-pyrrole nitrogens is 1. The summed E-state index contributed by atoms with van der Waals surface area (Å²) in [5, 5.41) is 12.6. The second-order valence-electron chi connectivity index (χ2n) is 6.42. The summed E-state index contributed by atoms with van der Waals surface area (Å²) >= 11 is 7.17. The first-order chi connectivity index (χ1) is 13.5. The fourth-order valence-corrected chi connectivity index (χ4v) is 4.16. The zero-order chi connectivity index (χ0) is 19.7. The Bertz CT molecular complexity index is 1130. The van der Waals surface area contributed by atoms with Crippen molar-refractivity contribution in [3.05, 3.63) is 74.3 Å². The van der Waals surface area contributed by atoms with Crippen molar-refractivity contribution in [3.63, 3.8) is 0 Å². The number of benzene rings is 1. The molecule has 0 aliphatic carbocycles. The van der Waals surface area contributed by atoms with Crippen LogP contribution in [0.1, 0.15) is 16.9 Å². The first kappa shape index (κ1) is 18.5. The summed E-state index contributed by atoms with van der Waals surface area (Å²) in [5.41, 5.74) is 3.34. The summed E-state index contributed by atoms with van der Waals surface area (Å²) in [6.07, 6.45) is 7.90. The number of hydrogen-bond acceptors (Lipinski definition) is 4. The van der Waals surface area contributed by atoms with Crippen molar-refractivity contribution in [2.75, 3.05) is 13.1 Å². The molecule has 0 saturated heterocycles. The molecule has 3 heterocycles. The van der Waals surface area contributed by atoms with Crippen molar-refractivity contribution in [1.29, 1.82) is 0 Å². The molecular formula is C20H16ClN3O3S. The second-order valence-corrected chi connectivity index (χ2v) is 7.95. The highest BCUT2D eigenvalue weighted by atomic mass is 35.5. The summed E-state index contributed by atoms with van der Waals surface area (Å²) in [6.45, 7) is 1.14. The molecule has 6 nitrogen and oxygen atoms in total. The molecule has 1 aliphatic rings. The van der Waals surface area contributed by atoms with E-state index in [4.69, 9.17) is 11.6 Å². The maximum absolute atomic E-state index is 12.4. The Hall–Kier alpha value is -2.90. The Morgan fingerprint density at radius 1 is 1.32 bits per heavy atom. The smallest absolute Gasteiger partial charge is 0.324 e. The molecule has 2 aromatic heterocycles. The van der Waals surface area contributed by atoms with Crippen molar-refractivity contribution < 1.29 is 9.72 Å². The number of hydrogen-bond donors (Lipinski definition) is 1. The number of rotatable bonds is 4. The normalized spacial score (nSPS) is 14.6. The average Bonchev–Trinajstić information content (AvgIpc) is 3.33. The van der Waals surface area contributed by atoms with Gasteiger partial charge in [-0.05, 0) is 42.3 Å². The number of nitro groups is 1. The van der Waals surface area contributed by atoms with Gasteiger partial charge in [-0.25, -0.2) is 0 Å². The standard InChI is InChI=1S/C20H16ClN3O3S/c21-14-1-4-18-16(11-14)17(12-22-18)13-7-9-23(10-8-13)19(25)5-2-15-3-6-20(28-15)24(26)27/h1-7,11-12,22H,8-10H2/b5-2+. The molecule has 28 heavy (non-hydrogen) atoms. The van der Waals surface area contributed by atoms with E-state index >= 15 is 0 Å². The van der Waals surface area contributed by atoms with E-state index in [9.17, 15) is 14.9 Å². The van der Waals surface area contributed by atoms with Crippen LogP contribution in [-0.2, 0) is 4.79 Å². The number of carbonyl (C=O) groups is 1. The highest BCUT2D eigenvalue weighted by molar-refractivity contribution is 7.16. The second kappa shape index (κ2) is 7.61. The minimum Gasteiger partial charge on any atom is -0.361 e. The minimum absolute atomic E-state index is 0.0662. The molecule has 0 atom stereocenters. The van der Waals surface area contributed by atoms with Gasteiger partial charge in [-0.3, -0.25) is 14.9 Å². The van der Waals surface area contributed by atoms with Gasteiger partial charge >= 0.3 is 5.00 Å². The summed E-state index contributed by atoms with van der Waals surface area (Å²) in [4.78, 5) is 28.4. The number of fused-ring (bicyclic) bond motifs is 1. The zero-order valence-corrected chi connectivity index (χ0v) is 16.3. The molecule has 3 aromatic rings. The van der Waals surface area contributed by atoms with Gasteiger partial charge in [-0.15, -0.1) is 0 Å². The van der Waals surface area contributed by atoms with Crippen molar-refractivity contribution in [1.82, 2.24) is 9.88 Å². The first-order valence-electron chi connectivity index (χ1n) is 8.68. The van der Waals surface area contributed by atoms with Crippen LogP contribution in [0.25, 0.3) is 22.6 Å². The Morgan fingerprint density at radius 2 is 2.18 bits per heavy atom. The number of halogens is 1. The maximum Gasteiger partial charge on any atom is 0.324 e. The predicted octanol–water partition coefficient (Wildman–Crippen LogP) is 5.12. The lowest BCUT2D eigenvalue weighted by atomic mass is 9.99.